The summed E-state index contributed by atoms with van der Waals surface area (Å²) in [4.78, 5) is 23.1. The third-order valence-electron chi connectivity index (χ3n) is 4.26. The number of rotatable bonds is 5. The first-order valence-corrected chi connectivity index (χ1v) is 8.31. The molecule has 0 spiro atoms. The molecule has 0 radical (unpaired) electrons. The highest BCUT2D eigenvalue weighted by molar-refractivity contribution is 5.78. The predicted molar refractivity (Wildman–Crippen MR) is 85.8 cm³/mol. The van der Waals surface area contributed by atoms with Crippen molar-refractivity contribution in [3.05, 3.63) is 17.5 Å². The zero-order chi connectivity index (χ0) is 16.1. The summed E-state index contributed by atoms with van der Waals surface area (Å²) in [6, 6.07) is 2.36. The van der Waals surface area contributed by atoms with E-state index in [-0.39, 0.29) is 17.9 Å². The molecule has 0 N–H and O–H groups in total. The Hall–Kier alpha value is -1.65. The van der Waals surface area contributed by atoms with Gasteiger partial charge in [-0.25, -0.2) is 9.97 Å². The lowest BCUT2D eigenvalue weighted by Gasteiger charge is -2.34. The van der Waals surface area contributed by atoms with Crippen molar-refractivity contribution < 1.29 is 9.53 Å². The molecule has 1 aromatic rings. The molecule has 0 saturated carbocycles. The van der Waals surface area contributed by atoms with Crippen molar-refractivity contribution >= 4 is 5.91 Å². The van der Waals surface area contributed by atoms with E-state index in [0.29, 0.717) is 12.6 Å². The fourth-order valence-electron chi connectivity index (χ4n) is 3.03. The molecule has 1 unspecified atom stereocenters. The van der Waals surface area contributed by atoms with Crippen LogP contribution in [0.1, 0.15) is 50.9 Å². The molecule has 2 heterocycles. The van der Waals surface area contributed by atoms with Crippen LogP contribution in [0.3, 0.4) is 0 Å². The van der Waals surface area contributed by atoms with Crippen molar-refractivity contribution in [1.29, 1.82) is 0 Å². The van der Waals surface area contributed by atoms with Gasteiger partial charge >= 0.3 is 6.01 Å². The molecule has 122 valence electrons. The number of likely N-dealkylation sites (tertiary alicyclic amines) is 1. The van der Waals surface area contributed by atoms with E-state index in [2.05, 4.69) is 23.8 Å². The van der Waals surface area contributed by atoms with Gasteiger partial charge in [0.05, 0.1) is 6.54 Å². The molecule has 22 heavy (non-hydrogen) atoms. The van der Waals surface area contributed by atoms with E-state index in [9.17, 15) is 4.79 Å². The normalized spacial score (nSPS) is 18.6. The summed E-state index contributed by atoms with van der Waals surface area (Å²) in [6.45, 7) is 9.51. The molecule has 5 nitrogen and oxygen atoms in total. The van der Waals surface area contributed by atoms with E-state index in [0.717, 1.165) is 43.6 Å². The van der Waals surface area contributed by atoms with E-state index in [4.69, 9.17) is 4.74 Å². The molecule has 1 aromatic heterocycles. The molecule has 1 saturated heterocycles. The Bertz CT molecular complexity index is 494. The summed E-state index contributed by atoms with van der Waals surface area (Å²) >= 11 is 0. The van der Waals surface area contributed by atoms with Crippen molar-refractivity contribution in [2.45, 2.75) is 59.5 Å². The fraction of sp³-hybridized carbons (Fsp3) is 0.706. The average Bonchev–Trinajstić information content (AvgIpc) is 2.47. The lowest BCUT2D eigenvalue weighted by Crippen LogP contribution is -2.46. The van der Waals surface area contributed by atoms with E-state index in [1.807, 2.05) is 24.8 Å². The van der Waals surface area contributed by atoms with Crippen molar-refractivity contribution in [3.63, 3.8) is 0 Å². The molecule has 0 aliphatic carbocycles. The maximum absolute atomic E-state index is 12.5. The van der Waals surface area contributed by atoms with Gasteiger partial charge in [-0.15, -0.1) is 0 Å². The van der Waals surface area contributed by atoms with Crippen LogP contribution in [0.5, 0.6) is 6.01 Å². The van der Waals surface area contributed by atoms with Crippen molar-refractivity contribution in [2.24, 2.45) is 5.92 Å². The number of aryl methyl sites for hydroxylation is 2. The molecule has 0 bridgehead atoms. The highest BCUT2D eigenvalue weighted by Crippen LogP contribution is 2.20. The number of aromatic nitrogens is 2. The van der Waals surface area contributed by atoms with Crippen molar-refractivity contribution in [3.8, 4) is 6.01 Å². The molecule has 1 aliphatic rings. The van der Waals surface area contributed by atoms with E-state index < -0.39 is 0 Å². The number of carbonyl (C=O) groups excluding carboxylic acids is 1. The summed E-state index contributed by atoms with van der Waals surface area (Å²) < 4.78 is 5.93. The Morgan fingerprint density at radius 1 is 1.32 bits per heavy atom. The van der Waals surface area contributed by atoms with Crippen LogP contribution >= 0.6 is 0 Å². The van der Waals surface area contributed by atoms with Crippen LogP contribution in [-0.2, 0) is 4.79 Å². The number of ether oxygens (including phenoxy) is 1. The quantitative estimate of drug-likeness (QED) is 0.839. The van der Waals surface area contributed by atoms with Crippen LogP contribution in [0.25, 0.3) is 0 Å². The molecular weight excluding hydrogens is 278 g/mol. The van der Waals surface area contributed by atoms with E-state index in [1.54, 1.807) is 0 Å². The number of piperidine rings is 1. The summed E-state index contributed by atoms with van der Waals surface area (Å²) in [7, 11) is 0. The Morgan fingerprint density at radius 2 is 1.95 bits per heavy atom. The number of nitrogens with zero attached hydrogens (tertiary/aromatic N) is 3. The van der Waals surface area contributed by atoms with Crippen LogP contribution in [-0.4, -0.2) is 40.0 Å². The van der Waals surface area contributed by atoms with Gasteiger partial charge in [-0.3, -0.25) is 4.79 Å². The molecule has 1 fully saturated rings. The Kier molecular flexibility index (Phi) is 5.75. The van der Waals surface area contributed by atoms with Gasteiger partial charge in [-0.05, 0) is 45.6 Å². The van der Waals surface area contributed by atoms with Gasteiger partial charge in [-0.2, -0.15) is 0 Å². The van der Waals surface area contributed by atoms with Crippen LogP contribution < -0.4 is 4.74 Å². The van der Waals surface area contributed by atoms with Crippen molar-refractivity contribution in [2.75, 3.05) is 13.1 Å². The number of hydrogen-bond donors (Lipinski definition) is 0. The standard InChI is InChI=1S/C17H27N3O2/c1-5-14(6-2)16(21)20-9-7-8-15(11-20)22-17-18-12(3)10-13(4)19-17/h10,14-15H,5-9,11H2,1-4H3. The number of hydrogen-bond acceptors (Lipinski definition) is 4. The van der Waals surface area contributed by atoms with Gasteiger partial charge < -0.3 is 9.64 Å². The fourth-order valence-corrected chi connectivity index (χ4v) is 3.03. The summed E-state index contributed by atoms with van der Waals surface area (Å²) in [5.41, 5.74) is 1.81. The summed E-state index contributed by atoms with van der Waals surface area (Å²) in [5, 5.41) is 0. The minimum atomic E-state index is -0.00624. The molecule has 1 atom stereocenters. The second-order valence-electron chi connectivity index (χ2n) is 6.11. The Morgan fingerprint density at radius 3 is 2.55 bits per heavy atom. The molecule has 2 rings (SSSR count). The van der Waals surface area contributed by atoms with Gasteiger partial charge in [0.15, 0.2) is 0 Å². The number of carbonyl (C=O) groups is 1. The largest absolute Gasteiger partial charge is 0.458 e. The molecule has 5 heteroatoms. The lowest BCUT2D eigenvalue weighted by atomic mass is 9.99. The highest BCUT2D eigenvalue weighted by atomic mass is 16.5. The SMILES string of the molecule is CCC(CC)C(=O)N1CCCC(Oc2nc(C)cc(C)n2)C1. The average molecular weight is 305 g/mol. The second-order valence-corrected chi connectivity index (χ2v) is 6.11. The van der Waals surface area contributed by atoms with Crippen LogP contribution in [0.15, 0.2) is 6.07 Å². The monoisotopic (exact) mass is 305 g/mol. The maximum atomic E-state index is 12.5. The summed E-state index contributed by atoms with van der Waals surface area (Å²) in [5.74, 6) is 0.399. The van der Waals surface area contributed by atoms with Crippen molar-refractivity contribution in [1.82, 2.24) is 14.9 Å². The minimum Gasteiger partial charge on any atom is -0.458 e. The smallest absolute Gasteiger partial charge is 0.317 e. The van der Waals surface area contributed by atoms with Crippen LogP contribution in [0.2, 0.25) is 0 Å². The second kappa shape index (κ2) is 7.56. The molecule has 0 aromatic carbocycles. The van der Waals surface area contributed by atoms with Gasteiger partial charge in [-0.1, -0.05) is 13.8 Å². The lowest BCUT2D eigenvalue weighted by molar-refractivity contribution is -0.138. The third kappa shape index (κ3) is 4.18. The van der Waals surface area contributed by atoms with Gasteiger partial charge in [0.2, 0.25) is 5.91 Å². The summed E-state index contributed by atoms with van der Waals surface area (Å²) in [6.07, 6.45) is 3.72. The van der Waals surface area contributed by atoms with Gasteiger partial charge in [0.25, 0.3) is 0 Å². The third-order valence-corrected chi connectivity index (χ3v) is 4.26. The van der Waals surface area contributed by atoms with E-state index >= 15 is 0 Å². The molecule has 1 amide bonds. The first-order valence-electron chi connectivity index (χ1n) is 8.31. The highest BCUT2D eigenvalue weighted by Gasteiger charge is 2.28. The Labute approximate surface area is 133 Å². The molecule has 1 aliphatic heterocycles. The van der Waals surface area contributed by atoms with Crippen LogP contribution in [0.4, 0.5) is 0 Å². The van der Waals surface area contributed by atoms with Crippen LogP contribution in [0, 0.1) is 19.8 Å². The minimum absolute atomic E-state index is 0.00624. The topological polar surface area (TPSA) is 55.3 Å². The van der Waals surface area contributed by atoms with Gasteiger partial charge in [0, 0.05) is 23.9 Å². The zero-order valence-corrected chi connectivity index (χ0v) is 14.1. The number of amides is 1. The Balaban J connectivity index is 1.99. The first-order chi connectivity index (χ1) is 10.5. The zero-order valence-electron chi connectivity index (χ0n) is 14.1. The molecular formula is C17H27N3O2. The maximum Gasteiger partial charge on any atom is 0.317 e. The first kappa shape index (κ1) is 16.7. The van der Waals surface area contributed by atoms with E-state index in [1.165, 1.54) is 0 Å². The van der Waals surface area contributed by atoms with Gasteiger partial charge in [0.1, 0.15) is 6.10 Å². The predicted octanol–water partition coefficient (Wildman–Crippen LogP) is 2.90.